The van der Waals surface area contributed by atoms with Gasteiger partial charge in [-0.1, -0.05) is 6.07 Å². The second kappa shape index (κ2) is 8.59. The SMILES string of the molecule is COc1ccc(C)cc1NC(=O)CNC(=O)Cn1cc(C(F)(F)F)ccc1=O. The zero-order valence-corrected chi connectivity index (χ0v) is 15.1. The van der Waals surface area contributed by atoms with Gasteiger partial charge in [0.2, 0.25) is 11.8 Å². The highest BCUT2D eigenvalue weighted by molar-refractivity contribution is 5.95. The topological polar surface area (TPSA) is 89.4 Å². The molecule has 150 valence electrons. The fourth-order valence-corrected chi connectivity index (χ4v) is 2.33. The number of pyridine rings is 1. The molecule has 0 atom stereocenters. The van der Waals surface area contributed by atoms with Crippen molar-refractivity contribution in [3.63, 3.8) is 0 Å². The molecular weight excluding hydrogens is 379 g/mol. The van der Waals surface area contributed by atoms with Crippen molar-refractivity contribution in [1.29, 1.82) is 0 Å². The normalized spacial score (nSPS) is 11.0. The summed E-state index contributed by atoms with van der Waals surface area (Å²) in [5.74, 6) is -0.915. The van der Waals surface area contributed by atoms with Crippen LogP contribution >= 0.6 is 0 Å². The number of anilines is 1. The van der Waals surface area contributed by atoms with E-state index in [0.29, 0.717) is 28.3 Å². The Morgan fingerprint density at radius 2 is 1.86 bits per heavy atom. The van der Waals surface area contributed by atoms with Crippen molar-refractivity contribution in [1.82, 2.24) is 9.88 Å². The highest BCUT2D eigenvalue weighted by Crippen LogP contribution is 2.28. The number of hydrogen-bond acceptors (Lipinski definition) is 4. The van der Waals surface area contributed by atoms with Crippen molar-refractivity contribution in [2.75, 3.05) is 19.0 Å². The van der Waals surface area contributed by atoms with Crippen LogP contribution in [0, 0.1) is 6.92 Å². The number of carbonyl (C=O) groups excluding carboxylic acids is 2. The van der Waals surface area contributed by atoms with Crippen LogP contribution in [0.1, 0.15) is 11.1 Å². The predicted molar refractivity (Wildman–Crippen MR) is 95.1 cm³/mol. The van der Waals surface area contributed by atoms with Crippen LogP contribution in [0.15, 0.2) is 41.3 Å². The maximum absolute atomic E-state index is 12.7. The third-order valence-electron chi connectivity index (χ3n) is 3.70. The number of benzene rings is 1. The molecular formula is C18H18F3N3O4. The average molecular weight is 397 g/mol. The molecule has 28 heavy (non-hydrogen) atoms. The van der Waals surface area contributed by atoms with Gasteiger partial charge in [0.25, 0.3) is 5.56 Å². The van der Waals surface area contributed by atoms with Gasteiger partial charge < -0.3 is 19.9 Å². The highest BCUT2D eigenvalue weighted by atomic mass is 19.4. The van der Waals surface area contributed by atoms with Crippen LogP contribution in [-0.2, 0) is 22.3 Å². The molecule has 1 aromatic carbocycles. The maximum Gasteiger partial charge on any atom is 0.417 e. The molecule has 7 nitrogen and oxygen atoms in total. The summed E-state index contributed by atoms with van der Waals surface area (Å²) in [7, 11) is 1.44. The maximum atomic E-state index is 12.7. The van der Waals surface area contributed by atoms with Crippen LogP contribution in [0.3, 0.4) is 0 Å². The Hall–Kier alpha value is -3.30. The summed E-state index contributed by atoms with van der Waals surface area (Å²) < 4.78 is 43.9. The Morgan fingerprint density at radius 3 is 2.50 bits per heavy atom. The van der Waals surface area contributed by atoms with E-state index in [9.17, 15) is 27.6 Å². The molecule has 0 radical (unpaired) electrons. The molecule has 1 heterocycles. The second-order valence-electron chi connectivity index (χ2n) is 5.91. The minimum absolute atomic E-state index is 0.413. The molecule has 0 aliphatic heterocycles. The average Bonchev–Trinajstić information content (AvgIpc) is 2.61. The Morgan fingerprint density at radius 1 is 1.14 bits per heavy atom. The van der Waals surface area contributed by atoms with Gasteiger partial charge in [0.1, 0.15) is 12.3 Å². The standard InChI is InChI=1S/C18H18F3N3O4/c1-11-3-5-14(28-2)13(7-11)23-15(25)8-22-16(26)10-24-9-12(18(19,20)21)4-6-17(24)27/h3-7,9H,8,10H2,1-2H3,(H,22,26)(H,23,25). The fraction of sp³-hybridized carbons (Fsp3) is 0.278. The molecule has 10 heteroatoms. The third-order valence-corrected chi connectivity index (χ3v) is 3.70. The lowest BCUT2D eigenvalue weighted by molar-refractivity contribution is -0.138. The number of nitrogens with one attached hydrogen (secondary N) is 2. The molecule has 0 saturated carbocycles. The van der Waals surface area contributed by atoms with Crippen molar-refractivity contribution in [2.24, 2.45) is 0 Å². The number of aryl methyl sites for hydroxylation is 1. The number of alkyl halides is 3. The summed E-state index contributed by atoms with van der Waals surface area (Å²) in [4.78, 5) is 35.5. The van der Waals surface area contributed by atoms with Gasteiger partial charge in [0.05, 0.1) is 24.9 Å². The first-order chi connectivity index (χ1) is 13.1. The third kappa shape index (κ3) is 5.60. The van der Waals surface area contributed by atoms with E-state index in [1.807, 2.05) is 6.92 Å². The Balaban J connectivity index is 1.97. The number of hydrogen-bond donors (Lipinski definition) is 2. The molecule has 0 unspecified atom stereocenters. The van der Waals surface area contributed by atoms with E-state index < -0.39 is 42.2 Å². The fourth-order valence-electron chi connectivity index (χ4n) is 2.33. The first kappa shape index (κ1) is 21.0. The van der Waals surface area contributed by atoms with Crippen LogP contribution in [0.4, 0.5) is 18.9 Å². The molecule has 0 saturated heterocycles. The predicted octanol–water partition coefficient (Wildman–Crippen LogP) is 1.94. The zero-order chi connectivity index (χ0) is 20.9. The Kier molecular flexibility index (Phi) is 6.45. The highest BCUT2D eigenvalue weighted by Gasteiger charge is 2.31. The summed E-state index contributed by atoms with van der Waals surface area (Å²) in [5, 5.41) is 4.82. The summed E-state index contributed by atoms with van der Waals surface area (Å²) in [6.45, 7) is 0.747. The van der Waals surface area contributed by atoms with Gasteiger partial charge in [0, 0.05) is 12.3 Å². The largest absolute Gasteiger partial charge is 0.495 e. The molecule has 2 N–H and O–H groups in total. The number of methoxy groups -OCH3 is 1. The number of ether oxygens (including phenoxy) is 1. The van der Waals surface area contributed by atoms with E-state index in [1.54, 1.807) is 18.2 Å². The van der Waals surface area contributed by atoms with Gasteiger partial charge in [0.15, 0.2) is 0 Å². The number of carbonyl (C=O) groups is 2. The van der Waals surface area contributed by atoms with Gasteiger partial charge in [-0.15, -0.1) is 0 Å². The van der Waals surface area contributed by atoms with Crippen LogP contribution in [0.2, 0.25) is 0 Å². The Labute approximate surface area is 158 Å². The molecule has 2 amide bonds. The van der Waals surface area contributed by atoms with Crippen molar-refractivity contribution in [3.8, 4) is 5.75 Å². The number of amides is 2. The lowest BCUT2D eigenvalue weighted by Crippen LogP contribution is -2.37. The molecule has 1 aromatic heterocycles. The van der Waals surface area contributed by atoms with Crippen molar-refractivity contribution < 1.29 is 27.5 Å². The minimum Gasteiger partial charge on any atom is -0.495 e. The van der Waals surface area contributed by atoms with Gasteiger partial charge >= 0.3 is 6.18 Å². The quantitative estimate of drug-likeness (QED) is 0.780. The lowest BCUT2D eigenvalue weighted by Gasteiger charge is -2.12. The number of aromatic nitrogens is 1. The van der Waals surface area contributed by atoms with Crippen LogP contribution < -0.4 is 20.9 Å². The number of nitrogens with zero attached hydrogens (tertiary/aromatic N) is 1. The molecule has 2 rings (SSSR count). The monoisotopic (exact) mass is 397 g/mol. The second-order valence-corrected chi connectivity index (χ2v) is 5.91. The van der Waals surface area contributed by atoms with Gasteiger partial charge in [-0.2, -0.15) is 13.2 Å². The molecule has 0 bridgehead atoms. The summed E-state index contributed by atoms with van der Waals surface area (Å²) in [5.41, 5.74) is -0.527. The summed E-state index contributed by atoms with van der Waals surface area (Å²) in [6.07, 6.45) is -4.09. The first-order valence-corrected chi connectivity index (χ1v) is 8.09. The minimum atomic E-state index is -4.64. The van der Waals surface area contributed by atoms with Gasteiger partial charge in [-0.05, 0) is 30.7 Å². The number of halogens is 3. The summed E-state index contributed by atoms with van der Waals surface area (Å²) >= 11 is 0. The molecule has 0 aliphatic carbocycles. The molecule has 0 spiro atoms. The van der Waals surface area contributed by atoms with E-state index in [2.05, 4.69) is 10.6 Å². The van der Waals surface area contributed by atoms with E-state index >= 15 is 0 Å². The van der Waals surface area contributed by atoms with Crippen molar-refractivity contribution in [3.05, 3.63) is 58.0 Å². The Bertz CT molecular complexity index is 938. The van der Waals surface area contributed by atoms with Crippen LogP contribution in [0.25, 0.3) is 0 Å². The van der Waals surface area contributed by atoms with Crippen LogP contribution in [-0.4, -0.2) is 30.0 Å². The smallest absolute Gasteiger partial charge is 0.417 e. The van der Waals surface area contributed by atoms with E-state index in [-0.39, 0.29) is 0 Å². The first-order valence-electron chi connectivity index (χ1n) is 8.09. The van der Waals surface area contributed by atoms with E-state index in [4.69, 9.17) is 4.74 Å². The van der Waals surface area contributed by atoms with Crippen molar-refractivity contribution in [2.45, 2.75) is 19.6 Å². The zero-order valence-electron chi connectivity index (χ0n) is 15.1. The van der Waals surface area contributed by atoms with Crippen molar-refractivity contribution >= 4 is 17.5 Å². The van der Waals surface area contributed by atoms with Gasteiger partial charge in [-0.3, -0.25) is 14.4 Å². The molecule has 0 aliphatic rings. The number of rotatable bonds is 6. The van der Waals surface area contributed by atoms with Gasteiger partial charge in [-0.25, -0.2) is 0 Å². The van der Waals surface area contributed by atoms with Crippen LogP contribution in [0.5, 0.6) is 5.75 Å². The van der Waals surface area contributed by atoms with E-state index in [0.717, 1.165) is 11.6 Å². The van der Waals surface area contributed by atoms with E-state index in [1.165, 1.54) is 7.11 Å². The summed E-state index contributed by atoms with van der Waals surface area (Å²) in [6, 6.07) is 6.51. The lowest BCUT2D eigenvalue weighted by atomic mass is 10.2. The molecule has 2 aromatic rings. The molecule has 0 fully saturated rings.